The van der Waals surface area contributed by atoms with Crippen LogP contribution in [0.3, 0.4) is 0 Å². The Hall–Kier alpha value is -2.16. The number of ether oxygens (including phenoxy) is 1. The van der Waals surface area contributed by atoms with Gasteiger partial charge in [0.15, 0.2) is 0 Å². The van der Waals surface area contributed by atoms with Gasteiger partial charge >= 0.3 is 5.69 Å². The Morgan fingerprint density at radius 3 is 2.81 bits per heavy atom. The summed E-state index contributed by atoms with van der Waals surface area (Å²) in [5.74, 6) is 0.156. The normalized spacial score (nSPS) is 16.7. The third kappa shape index (κ3) is 5.75. The summed E-state index contributed by atoms with van der Waals surface area (Å²) in [6.07, 6.45) is 4.01. The highest BCUT2D eigenvalue weighted by Crippen LogP contribution is 2.28. The van der Waals surface area contributed by atoms with E-state index in [0.29, 0.717) is 6.54 Å². The number of benzene rings is 1. The first-order valence-corrected chi connectivity index (χ1v) is 12.0. The Bertz CT molecular complexity index is 985. The van der Waals surface area contributed by atoms with Crippen molar-refractivity contribution in [1.82, 2.24) is 14.5 Å². The van der Waals surface area contributed by atoms with Gasteiger partial charge in [0.1, 0.15) is 5.03 Å². The van der Waals surface area contributed by atoms with E-state index in [0.717, 1.165) is 86.1 Å². The summed E-state index contributed by atoms with van der Waals surface area (Å²) in [6, 6.07) is 7.74. The molecule has 1 aromatic carbocycles. The predicted octanol–water partition coefficient (Wildman–Crippen LogP) is 2.49. The molecule has 1 N–H and O–H groups in total. The zero-order chi connectivity index (χ0) is 21.6. The fourth-order valence-electron chi connectivity index (χ4n) is 4.22. The maximum atomic E-state index is 12.9. The quantitative estimate of drug-likeness (QED) is 0.525. The van der Waals surface area contributed by atoms with Crippen molar-refractivity contribution in [2.24, 2.45) is 0 Å². The zero-order valence-corrected chi connectivity index (χ0v) is 18.9. The number of carbonyl (C=O) groups is 1. The van der Waals surface area contributed by atoms with Gasteiger partial charge in [0, 0.05) is 43.1 Å². The van der Waals surface area contributed by atoms with Gasteiger partial charge in [-0.25, -0.2) is 4.79 Å². The van der Waals surface area contributed by atoms with E-state index in [1.54, 1.807) is 0 Å². The molecular formula is C23H30N4O3S. The van der Waals surface area contributed by atoms with Crippen LogP contribution in [0.25, 0.3) is 0 Å². The number of morpholine rings is 1. The molecule has 1 saturated heterocycles. The van der Waals surface area contributed by atoms with Crippen molar-refractivity contribution in [3.8, 4) is 0 Å². The van der Waals surface area contributed by atoms with Gasteiger partial charge in [-0.3, -0.25) is 14.3 Å². The third-order valence-electron chi connectivity index (χ3n) is 5.84. The number of rotatable bonds is 7. The van der Waals surface area contributed by atoms with Crippen molar-refractivity contribution >= 4 is 23.4 Å². The SMILES string of the molecule is Cc1cccc(NC(=O)CSc2nc(=O)n(CCN3CCOCC3)c3c2CCCC3)c1. The van der Waals surface area contributed by atoms with Crippen LogP contribution in [0.1, 0.15) is 29.7 Å². The molecule has 4 rings (SSSR count). The lowest BCUT2D eigenvalue weighted by atomic mass is 9.97. The van der Waals surface area contributed by atoms with Gasteiger partial charge in [-0.05, 0) is 50.3 Å². The number of aromatic nitrogens is 2. The molecule has 0 atom stereocenters. The monoisotopic (exact) mass is 442 g/mol. The van der Waals surface area contributed by atoms with Crippen LogP contribution in [0.5, 0.6) is 0 Å². The number of carbonyl (C=O) groups excluding carboxylic acids is 1. The van der Waals surface area contributed by atoms with Crippen molar-refractivity contribution < 1.29 is 9.53 Å². The molecule has 1 amide bonds. The third-order valence-corrected chi connectivity index (χ3v) is 6.85. The van der Waals surface area contributed by atoms with Crippen molar-refractivity contribution in [2.45, 2.75) is 44.2 Å². The van der Waals surface area contributed by atoms with Crippen LogP contribution >= 0.6 is 11.8 Å². The lowest BCUT2D eigenvalue weighted by Crippen LogP contribution is -2.40. The average Bonchev–Trinajstić information content (AvgIpc) is 2.78. The fourth-order valence-corrected chi connectivity index (χ4v) is 5.09. The smallest absolute Gasteiger partial charge is 0.348 e. The van der Waals surface area contributed by atoms with Gasteiger partial charge in [-0.1, -0.05) is 23.9 Å². The lowest BCUT2D eigenvalue weighted by Gasteiger charge is -2.28. The van der Waals surface area contributed by atoms with Gasteiger partial charge in [0.2, 0.25) is 5.91 Å². The number of hydrogen-bond donors (Lipinski definition) is 1. The molecule has 8 heteroatoms. The molecule has 0 radical (unpaired) electrons. The second kappa shape index (κ2) is 10.4. The van der Waals surface area contributed by atoms with Crippen LogP contribution in [0, 0.1) is 6.92 Å². The Balaban J connectivity index is 1.44. The molecule has 2 heterocycles. The summed E-state index contributed by atoms with van der Waals surface area (Å²) >= 11 is 1.37. The molecule has 2 aliphatic rings. The number of aryl methyl sites for hydroxylation is 1. The van der Waals surface area contributed by atoms with Gasteiger partial charge in [0.05, 0.1) is 19.0 Å². The van der Waals surface area contributed by atoms with Gasteiger partial charge < -0.3 is 10.1 Å². The van der Waals surface area contributed by atoms with E-state index in [9.17, 15) is 9.59 Å². The van der Waals surface area contributed by atoms with Crippen LogP contribution in [0.15, 0.2) is 34.1 Å². The number of hydrogen-bond acceptors (Lipinski definition) is 6. The Labute approximate surface area is 187 Å². The molecule has 1 aliphatic carbocycles. The first kappa shape index (κ1) is 22.0. The molecule has 31 heavy (non-hydrogen) atoms. The van der Waals surface area contributed by atoms with Crippen molar-refractivity contribution in [2.75, 3.05) is 43.9 Å². The molecule has 1 aromatic heterocycles. The molecule has 166 valence electrons. The van der Waals surface area contributed by atoms with Crippen LogP contribution in [-0.2, 0) is 28.9 Å². The number of amides is 1. The topological polar surface area (TPSA) is 76.5 Å². The summed E-state index contributed by atoms with van der Waals surface area (Å²) in [4.78, 5) is 32.0. The first-order chi connectivity index (χ1) is 15.1. The average molecular weight is 443 g/mol. The zero-order valence-electron chi connectivity index (χ0n) is 18.1. The summed E-state index contributed by atoms with van der Waals surface area (Å²) in [5.41, 5.74) is 3.96. The molecule has 0 saturated carbocycles. The second-order valence-electron chi connectivity index (χ2n) is 8.14. The molecule has 0 bridgehead atoms. The van der Waals surface area contributed by atoms with E-state index < -0.39 is 0 Å². The van der Waals surface area contributed by atoms with Crippen LogP contribution in [-0.4, -0.2) is 59.0 Å². The number of nitrogens with zero attached hydrogens (tertiary/aromatic N) is 3. The number of fused-ring (bicyclic) bond motifs is 1. The number of anilines is 1. The lowest BCUT2D eigenvalue weighted by molar-refractivity contribution is -0.113. The van der Waals surface area contributed by atoms with Crippen LogP contribution < -0.4 is 11.0 Å². The van der Waals surface area contributed by atoms with Gasteiger partial charge in [0.25, 0.3) is 0 Å². The standard InChI is InChI=1S/C23H30N4O3S/c1-17-5-4-6-18(15-17)24-21(28)16-31-22-19-7-2-3-8-20(19)27(23(29)25-22)10-9-26-11-13-30-14-12-26/h4-6,15H,2-3,7-14,16H2,1H3,(H,24,28). The largest absolute Gasteiger partial charge is 0.379 e. The highest BCUT2D eigenvalue weighted by atomic mass is 32.2. The van der Waals surface area contributed by atoms with Crippen molar-refractivity contribution in [1.29, 1.82) is 0 Å². The molecule has 1 fully saturated rings. The fraction of sp³-hybridized carbons (Fsp3) is 0.522. The minimum absolute atomic E-state index is 0.0848. The Morgan fingerprint density at radius 2 is 2.00 bits per heavy atom. The minimum Gasteiger partial charge on any atom is -0.379 e. The van der Waals surface area contributed by atoms with E-state index in [1.165, 1.54) is 11.8 Å². The summed E-state index contributed by atoms with van der Waals surface area (Å²) in [6.45, 7) is 6.82. The van der Waals surface area contributed by atoms with Crippen LogP contribution in [0.4, 0.5) is 5.69 Å². The summed E-state index contributed by atoms with van der Waals surface area (Å²) in [7, 11) is 0. The molecule has 0 unspecified atom stereocenters. The Kier molecular flexibility index (Phi) is 7.42. The number of nitrogens with one attached hydrogen (secondary N) is 1. The highest BCUT2D eigenvalue weighted by Gasteiger charge is 2.22. The summed E-state index contributed by atoms with van der Waals surface area (Å²) < 4.78 is 7.28. The molecule has 7 nitrogen and oxygen atoms in total. The van der Waals surface area contributed by atoms with Crippen LogP contribution in [0.2, 0.25) is 0 Å². The van der Waals surface area contributed by atoms with Gasteiger partial charge in [-0.2, -0.15) is 4.98 Å². The molecule has 1 aliphatic heterocycles. The van der Waals surface area contributed by atoms with Crippen molar-refractivity contribution in [3.05, 3.63) is 51.6 Å². The maximum Gasteiger partial charge on any atom is 0.348 e. The van der Waals surface area contributed by atoms with E-state index in [1.807, 2.05) is 35.8 Å². The van der Waals surface area contributed by atoms with Gasteiger partial charge in [-0.15, -0.1) is 0 Å². The highest BCUT2D eigenvalue weighted by molar-refractivity contribution is 8.00. The minimum atomic E-state index is -0.199. The molecule has 2 aromatic rings. The molecular weight excluding hydrogens is 412 g/mol. The van der Waals surface area contributed by atoms with Crippen molar-refractivity contribution in [3.63, 3.8) is 0 Å². The summed E-state index contributed by atoms with van der Waals surface area (Å²) in [5, 5.41) is 3.65. The molecule has 0 spiro atoms. The number of thioether (sulfide) groups is 1. The predicted molar refractivity (Wildman–Crippen MR) is 123 cm³/mol. The first-order valence-electron chi connectivity index (χ1n) is 11.0. The van der Waals surface area contributed by atoms with E-state index >= 15 is 0 Å². The van der Waals surface area contributed by atoms with E-state index in [4.69, 9.17) is 4.74 Å². The Morgan fingerprint density at radius 1 is 1.19 bits per heavy atom. The van der Waals surface area contributed by atoms with E-state index in [-0.39, 0.29) is 17.3 Å². The second-order valence-corrected chi connectivity index (χ2v) is 9.11. The van der Waals surface area contributed by atoms with E-state index in [2.05, 4.69) is 15.2 Å². The maximum absolute atomic E-state index is 12.9.